The molecule has 136 valence electrons. The van der Waals surface area contributed by atoms with Crippen LogP contribution in [0, 0.1) is 0 Å². The molecule has 0 fully saturated rings. The minimum Gasteiger partial charge on any atom is -0.406 e. The number of alkyl halides is 4. The first-order valence-electron chi connectivity index (χ1n) is 6.87. The van der Waals surface area contributed by atoms with E-state index in [1.165, 1.54) is 30.9 Å². The van der Waals surface area contributed by atoms with Gasteiger partial charge in [-0.05, 0) is 12.1 Å². The number of hydrogen-bond donors (Lipinski definition) is 0. The largest absolute Gasteiger partial charge is 0.573 e. The van der Waals surface area contributed by atoms with Crippen LogP contribution in [0.25, 0.3) is 0 Å². The Kier molecular flexibility index (Phi) is 5.77. The maximum absolute atomic E-state index is 12.6. The van der Waals surface area contributed by atoms with Crippen molar-refractivity contribution in [3.8, 4) is 5.75 Å². The number of halogens is 4. The molecule has 11 heteroatoms. The summed E-state index contributed by atoms with van der Waals surface area (Å²) < 4.78 is 78.9. The Labute approximate surface area is 141 Å². The molecule has 0 unspecified atom stereocenters. The predicted molar refractivity (Wildman–Crippen MR) is 81.1 cm³/mol. The summed E-state index contributed by atoms with van der Waals surface area (Å²) in [6.07, 6.45) is -0.988. The fourth-order valence-corrected chi connectivity index (χ4v) is 3.17. The molecule has 0 atom stereocenters. The number of ether oxygens (including phenoxy) is 1. The highest BCUT2D eigenvalue weighted by atomic mass is 32.2. The predicted octanol–water partition coefficient (Wildman–Crippen LogP) is 2.68. The quantitative estimate of drug-likeness (QED) is 0.692. The van der Waals surface area contributed by atoms with Gasteiger partial charge in [-0.15, -0.1) is 13.2 Å². The van der Waals surface area contributed by atoms with Crippen LogP contribution in [0.1, 0.15) is 5.56 Å². The van der Waals surface area contributed by atoms with Crippen LogP contribution in [0.15, 0.2) is 43.0 Å². The van der Waals surface area contributed by atoms with E-state index in [1.807, 2.05) is 0 Å². The Morgan fingerprint density at radius 3 is 2.44 bits per heavy atom. The lowest BCUT2D eigenvalue weighted by molar-refractivity contribution is -0.274. The maximum Gasteiger partial charge on any atom is 0.573 e. The van der Waals surface area contributed by atoms with Crippen molar-refractivity contribution in [3.05, 3.63) is 48.5 Å². The van der Waals surface area contributed by atoms with Gasteiger partial charge in [0.2, 0.25) is 10.0 Å². The van der Waals surface area contributed by atoms with Crippen molar-refractivity contribution in [3.63, 3.8) is 0 Å². The highest BCUT2D eigenvalue weighted by Gasteiger charge is 2.31. The summed E-state index contributed by atoms with van der Waals surface area (Å²) in [5.41, 5.74) is 0.283. The van der Waals surface area contributed by atoms with Crippen LogP contribution in [0.2, 0.25) is 0 Å². The molecule has 1 aromatic heterocycles. The standard InChI is InChI=1S/C14H13F4N3O3S/c15-4-5-25(22,23)21(9-11-7-19-10-20-8-11)12-2-1-3-13(6-12)24-14(16,17)18/h1-3,6-8,10H,4-5,9H2. The third-order valence-electron chi connectivity index (χ3n) is 2.95. The molecule has 0 saturated heterocycles. The number of hydrogen-bond acceptors (Lipinski definition) is 5. The molecule has 0 spiro atoms. The van der Waals surface area contributed by atoms with Gasteiger partial charge in [0.15, 0.2) is 0 Å². The molecule has 0 aliphatic heterocycles. The van der Waals surface area contributed by atoms with E-state index in [2.05, 4.69) is 14.7 Å². The first-order valence-corrected chi connectivity index (χ1v) is 8.48. The van der Waals surface area contributed by atoms with E-state index in [1.54, 1.807) is 0 Å². The van der Waals surface area contributed by atoms with Gasteiger partial charge in [-0.25, -0.2) is 22.8 Å². The van der Waals surface area contributed by atoms with Crippen molar-refractivity contribution in [2.24, 2.45) is 0 Å². The number of sulfonamides is 1. The molecule has 0 bridgehead atoms. The Hall–Kier alpha value is -2.43. The summed E-state index contributed by atoms with van der Waals surface area (Å²) in [4.78, 5) is 7.49. The second-order valence-corrected chi connectivity index (χ2v) is 6.82. The van der Waals surface area contributed by atoms with Gasteiger partial charge in [-0.3, -0.25) is 4.31 Å². The summed E-state index contributed by atoms with van der Waals surface area (Å²) in [7, 11) is -4.12. The van der Waals surface area contributed by atoms with E-state index < -0.39 is 34.6 Å². The second kappa shape index (κ2) is 7.64. The van der Waals surface area contributed by atoms with Crippen molar-refractivity contribution in [1.29, 1.82) is 0 Å². The fraction of sp³-hybridized carbons (Fsp3) is 0.286. The van der Waals surface area contributed by atoms with Crippen molar-refractivity contribution in [2.75, 3.05) is 16.7 Å². The molecule has 0 saturated carbocycles. The molecular weight excluding hydrogens is 366 g/mol. The van der Waals surface area contributed by atoms with Crippen molar-refractivity contribution < 1.29 is 30.7 Å². The summed E-state index contributed by atoms with van der Waals surface area (Å²) in [6.45, 7) is -1.40. The van der Waals surface area contributed by atoms with Gasteiger partial charge in [0.1, 0.15) is 18.8 Å². The van der Waals surface area contributed by atoms with Gasteiger partial charge in [-0.2, -0.15) is 0 Å². The molecule has 0 aliphatic rings. The van der Waals surface area contributed by atoms with Crippen LogP contribution in [-0.4, -0.2) is 37.2 Å². The average Bonchev–Trinajstić information content (AvgIpc) is 2.52. The van der Waals surface area contributed by atoms with E-state index >= 15 is 0 Å². The molecule has 6 nitrogen and oxygen atoms in total. The molecule has 2 aromatic rings. The van der Waals surface area contributed by atoms with Crippen molar-refractivity contribution in [2.45, 2.75) is 12.9 Å². The molecule has 1 aromatic carbocycles. The number of aromatic nitrogens is 2. The van der Waals surface area contributed by atoms with Crippen LogP contribution < -0.4 is 9.04 Å². The summed E-state index contributed by atoms with van der Waals surface area (Å²) in [5, 5.41) is 0. The van der Waals surface area contributed by atoms with E-state index in [-0.39, 0.29) is 12.2 Å². The number of rotatable bonds is 7. The molecule has 0 amide bonds. The highest BCUT2D eigenvalue weighted by molar-refractivity contribution is 7.92. The summed E-state index contributed by atoms with van der Waals surface area (Å²) >= 11 is 0. The van der Waals surface area contributed by atoms with Gasteiger partial charge in [0.25, 0.3) is 0 Å². The molecule has 25 heavy (non-hydrogen) atoms. The molecule has 0 N–H and O–H groups in total. The van der Waals surface area contributed by atoms with Gasteiger partial charge in [0.05, 0.1) is 18.0 Å². The topological polar surface area (TPSA) is 72.4 Å². The Balaban J connectivity index is 2.40. The lowest BCUT2D eigenvalue weighted by atomic mass is 10.2. The van der Waals surface area contributed by atoms with E-state index in [0.29, 0.717) is 5.56 Å². The summed E-state index contributed by atoms with van der Waals surface area (Å²) in [6, 6.07) is 4.42. The monoisotopic (exact) mass is 379 g/mol. The highest BCUT2D eigenvalue weighted by Crippen LogP contribution is 2.29. The molecule has 2 rings (SSSR count). The third-order valence-corrected chi connectivity index (χ3v) is 4.63. The van der Waals surface area contributed by atoms with E-state index in [9.17, 15) is 26.0 Å². The van der Waals surface area contributed by atoms with Gasteiger partial charge >= 0.3 is 6.36 Å². The van der Waals surface area contributed by atoms with Gasteiger partial charge in [0, 0.05) is 24.0 Å². The molecular formula is C14H13F4N3O3S. The minimum absolute atomic E-state index is 0.0981. The number of anilines is 1. The summed E-state index contributed by atoms with van der Waals surface area (Å²) in [5.74, 6) is -1.40. The Bertz CT molecular complexity index is 800. The second-order valence-electron chi connectivity index (χ2n) is 4.80. The Morgan fingerprint density at radius 2 is 1.84 bits per heavy atom. The first kappa shape index (κ1) is 18.9. The van der Waals surface area contributed by atoms with Crippen LogP contribution >= 0.6 is 0 Å². The Morgan fingerprint density at radius 1 is 1.16 bits per heavy atom. The SMILES string of the molecule is O=S(=O)(CCF)N(Cc1cncnc1)c1cccc(OC(F)(F)F)c1. The molecule has 0 aliphatic carbocycles. The lowest BCUT2D eigenvalue weighted by Gasteiger charge is -2.24. The average molecular weight is 379 g/mol. The normalized spacial score (nSPS) is 12.0. The van der Waals surface area contributed by atoms with Crippen molar-refractivity contribution in [1.82, 2.24) is 9.97 Å². The van der Waals surface area contributed by atoms with Gasteiger partial charge in [-0.1, -0.05) is 6.07 Å². The fourth-order valence-electron chi connectivity index (χ4n) is 1.97. The third kappa shape index (κ3) is 5.55. The lowest BCUT2D eigenvalue weighted by Crippen LogP contribution is -2.33. The first-order chi connectivity index (χ1) is 11.7. The molecule has 1 heterocycles. The molecule has 0 radical (unpaired) electrons. The maximum atomic E-state index is 12.6. The number of nitrogens with zero attached hydrogens (tertiary/aromatic N) is 3. The van der Waals surface area contributed by atoms with Crippen molar-refractivity contribution >= 4 is 15.7 Å². The van der Waals surface area contributed by atoms with E-state index in [4.69, 9.17) is 0 Å². The van der Waals surface area contributed by atoms with E-state index in [0.717, 1.165) is 16.4 Å². The zero-order valence-electron chi connectivity index (χ0n) is 12.6. The number of benzene rings is 1. The zero-order chi connectivity index (χ0) is 18.5. The zero-order valence-corrected chi connectivity index (χ0v) is 13.5. The minimum atomic E-state index is -4.92. The smallest absolute Gasteiger partial charge is 0.406 e. The van der Waals surface area contributed by atoms with Gasteiger partial charge < -0.3 is 4.74 Å². The van der Waals surface area contributed by atoms with Crippen LogP contribution in [0.3, 0.4) is 0 Å². The van der Waals surface area contributed by atoms with Crippen LogP contribution in [0.4, 0.5) is 23.2 Å². The van der Waals surface area contributed by atoms with Crippen LogP contribution in [0.5, 0.6) is 5.75 Å². The van der Waals surface area contributed by atoms with Crippen LogP contribution in [-0.2, 0) is 16.6 Å².